The smallest absolute Gasteiger partial charge is 0.231 e. The normalized spacial score (nSPS) is 24.4. The van der Waals surface area contributed by atoms with Crippen molar-refractivity contribution in [2.24, 2.45) is 5.41 Å². The highest BCUT2D eigenvalue weighted by molar-refractivity contribution is 5.97. The minimum absolute atomic E-state index is 0.0939. The Balaban J connectivity index is 1.59. The predicted molar refractivity (Wildman–Crippen MR) is 114 cm³/mol. The maximum Gasteiger partial charge on any atom is 0.231 e. The zero-order valence-electron chi connectivity index (χ0n) is 16.6. The SMILES string of the molecule is Cc1ccc(NC(=O)C2(C)CC3c4ccccc4C2c2ccccc23)cc1C. The number of hydrogen-bond donors (Lipinski definition) is 1. The van der Waals surface area contributed by atoms with Gasteiger partial charge in [-0.3, -0.25) is 4.79 Å². The molecule has 0 saturated heterocycles. The summed E-state index contributed by atoms with van der Waals surface area (Å²) in [6, 6.07) is 23.5. The summed E-state index contributed by atoms with van der Waals surface area (Å²) in [7, 11) is 0. The van der Waals surface area contributed by atoms with E-state index in [-0.39, 0.29) is 17.7 Å². The van der Waals surface area contributed by atoms with E-state index in [2.05, 4.69) is 86.8 Å². The summed E-state index contributed by atoms with van der Waals surface area (Å²) < 4.78 is 0. The van der Waals surface area contributed by atoms with Crippen molar-refractivity contribution in [1.29, 1.82) is 0 Å². The van der Waals surface area contributed by atoms with Crippen LogP contribution in [0, 0.1) is 19.3 Å². The molecular formula is C26H25NO. The van der Waals surface area contributed by atoms with Crippen LogP contribution in [0.3, 0.4) is 0 Å². The molecule has 0 heterocycles. The molecule has 2 bridgehead atoms. The molecule has 140 valence electrons. The number of aryl methyl sites for hydroxylation is 2. The average Bonchev–Trinajstić information content (AvgIpc) is 2.71. The lowest BCUT2D eigenvalue weighted by Gasteiger charge is -2.50. The Bertz CT molecular complexity index is 1050. The summed E-state index contributed by atoms with van der Waals surface area (Å²) in [5, 5.41) is 3.23. The van der Waals surface area contributed by atoms with E-state index < -0.39 is 5.41 Å². The molecule has 3 aliphatic carbocycles. The maximum absolute atomic E-state index is 13.6. The molecule has 2 heteroatoms. The van der Waals surface area contributed by atoms with E-state index in [1.165, 1.54) is 33.4 Å². The molecule has 0 radical (unpaired) electrons. The third-order valence-electron chi connectivity index (χ3n) is 6.91. The zero-order valence-corrected chi connectivity index (χ0v) is 16.6. The van der Waals surface area contributed by atoms with E-state index in [0.717, 1.165) is 12.1 Å². The number of nitrogens with one attached hydrogen (secondary N) is 1. The van der Waals surface area contributed by atoms with Gasteiger partial charge in [-0.1, -0.05) is 54.6 Å². The molecule has 1 unspecified atom stereocenters. The number of anilines is 1. The molecule has 0 aliphatic heterocycles. The molecule has 0 spiro atoms. The topological polar surface area (TPSA) is 29.1 Å². The van der Waals surface area contributed by atoms with Gasteiger partial charge in [-0.05, 0) is 72.7 Å². The largest absolute Gasteiger partial charge is 0.326 e. The van der Waals surface area contributed by atoms with Gasteiger partial charge in [0.15, 0.2) is 0 Å². The second-order valence-corrected chi connectivity index (χ2v) is 8.62. The van der Waals surface area contributed by atoms with Crippen LogP contribution in [-0.2, 0) is 4.79 Å². The Kier molecular flexibility index (Phi) is 3.74. The fraction of sp³-hybridized carbons (Fsp3) is 0.269. The number of carbonyl (C=O) groups excluding carboxylic acids is 1. The van der Waals surface area contributed by atoms with E-state index in [1.807, 2.05) is 6.07 Å². The minimum Gasteiger partial charge on any atom is -0.326 e. The summed E-state index contributed by atoms with van der Waals surface area (Å²) in [5.74, 6) is 0.499. The second-order valence-electron chi connectivity index (χ2n) is 8.62. The number of fused-ring (bicyclic) bond motifs is 1. The van der Waals surface area contributed by atoms with Gasteiger partial charge in [-0.15, -0.1) is 0 Å². The summed E-state index contributed by atoms with van der Waals surface area (Å²) in [6.45, 7) is 6.32. The van der Waals surface area contributed by atoms with Gasteiger partial charge in [0.05, 0.1) is 5.41 Å². The molecule has 3 aromatic carbocycles. The van der Waals surface area contributed by atoms with E-state index in [9.17, 15) is 4.79 Å². The van der Waals surface area contributed by atoms with Crippen LogP contribution in [-0.4, -0.2) is 5.91 Å². The fourth-order valence-corrected chi connectivity index (χ4v) is 5.28. The van der Waals surface area contributed by atoms with Crippen molar-refractivity contribution >= 4 is 11.6 Å². The number of rotatable bonds is 2. The third kappa shape index (κ3) is 2.37. The Hall–Kier alpha value is -2.87. The Labute approximate surface area is 166 Å². The Morgan fingerprint density at radius 3 is 2.00 bits per heavy atom. The van der Waals surface area contributed by atoms with Gasteiger partial charge in [0.25, 0.3) is 0 Å². The van der Waals surface area contributed by atoms with E-state index in [4.69, 9.17) is 0 Å². The summed E-state index contributed by atoms with van der Waals surface area (Å²) in [6.07, 6.45) is 0.850. The highest BCUT2D eigenvalue weighted by atomic mass is 16.2. The van der Waals surface area contributed by atoms with Crippen LogP contribution in [0.25, 0.3) is 0 Å². The molecule has 1 N–H and O–H groups in total. The lowest BCUT2D eigenvalue weighted by molar-refractivity contribution is -0.126. The average molecular weight is 367 g/mol. The van der Waals surface area contributed by atoms with E-state index >= 15 is 0 Å². The molecule has 3 aliphatic rings. The highest BCUT2D eigenvalue weighted by Crippen LogP contribution is 2.61. The van der Waals surface area contributed by atoms with E-state index in [1.54, 1.807) is 0 Å². The number of amides is 1. The minimum atomic E-state index is -0.466. The van der Waals surface area contributed by atoms with Gasteiger partial charge in [0.2, 0.25) is 5.91 Å². The Morgan fingerprint density at radius 1 is 0.857 bits per heavy atom. The first-order valence-electron chi connectivity index (χ1n) is 10.1. The van der Waals surface area contributed by atoms with Crippen molar-refractivity contribution in [2.45, 2.75) is 39.0 Å². The van der Waals surface area contributed by atoms with Crippen LogP contribution in [0.4, 0.5) is 5.69 Å². The number of carbonyl (C=O) groups is 1. The van der Waals surface area contributed by atoms with Gasteiger partial charge in [0.1, 0.15) is 0 Å². The molecule has 0 aromatic heterocycles. The predicted octanol–water partition coefficient (Wildman–Crippen LogP) is 5.93. The third-order valence-corrected chi connectivity index (χ3v) is 6.91. The van der Waals surface area contributed by atoms with Crippen LogP contribution in [0.5, 0.6) is 0 Å². The summed E-state index contributed by atoms with van der Waals surface area (Å²) >= 11 is 0. The lowest BCUT2D eigenvalue weighted by atomic mass is 9.52. The van der Waals surface area contributed by atoms with Gasteiger partial charge < -0.3 is 5.32 Å². The Morgan fingerprint density at radius 2 is 1.43 bits per heavy atom. The quantitative estimate of drug-likeness (QED) is 0.597. The van der Waals surface area contributed by atoms with Crippen molar-refractivity contribution in [1.82, 2.24) is 0 Å². The molecule has 3 aromatic rings. The van der Waals surface area contributed by atoms with Gasteiger partial charge in [-0.2, -0.15) is 0 Å². The highest BCUT2D eigenvalue weighted by Gasteiger charge is 2.53. The number of benzene rings is 3. The van der Waals surface area contributed by atoms with Crippen molar-refractivity contribution in [2.75, 3.05) is 5.32 Å². The number of hydrogen-bond acceptors (Lipinski definition) is 1. The molecule has 1 amide bonds. The summed E-state index contributed by atoms with van der Waals surface area (Å²) in [5.41, 5.74) is 8.27. The molecular weight excluding hydrogens is 342 g/mol. The van der Waals surface area contributed by atoms with Gasteiger partial charge >= 0.3 is 0 Å². The maximum atomic E-state index is 13.6. The molecule has 0 saturated carbocycles. The van der Waals surface area contributed by atoms with Crippen molar-refractivity contribution in [3.8, 4) is 0 Å². The molecule has 28 heavy (non-hydrogen) atoms. The molecule has 2 nitrogen and oxygen atoms in total. The van der Waals surface area contributed by atoms with Crippen molar-refractivity contribution < 1.29 is 4.79 Å². The van der Waals surface area contributed by atoms with E-state index in [0.29, 0.717) is 0 Å². The molecule has 0 fully saturated rings. The standard InChI is InChI=1S/C26H25NO/c1-16-12-13-18(14-17(16)2)27-25(28)26(3)15-23-19-8-4-6-10-21(19)24(26)22-11-7-5-9-20(22)23/h4-14,23-24H,15H2,1-3H3,(H,27,28). The molecule has 1 atom stereocenters. The zero-order chi connectivity index (χ0) is 19.5. The monoisotopic (exact) mass is 367 g/mol. The van der Waals surface area contributed by atoms with Crippen molar-refractivity contribution in [3.05, 3.63) is 100 Å². The first-order chi connectivity index (χ1) is 13.5. The second kappa shape index (κ2) is 6.07. The molecule has 6 rings (SSSR count). The first kappa shape index (κ1) is 17.2. The van der Waals surface area contributed by atoms with Gasteiger partial charge in [0, 0.05) is 17.5 Å². The lowest BCUT2D eigenvalue weighted by Crippen LogP contribution is -2.47. The van der Waals surface area contributed by atoms with Crippen LogP contribution in [0.1, 0.15) is 58.6 Å². The summed E-state index contributed by atoms with van der Waals surface area (Å²) in [4.78, 5) is 13.6. The fourth-order valence-electron chi connectivity index (χ4n) is 5.28. The van der Waals surface area contributed by atoms with Crippen molar-refractivity contribution in [3.63, 3.8) is 0 Å². The first-order valence-corrected chi connectivity index (χ1v) is 10.1. The van der Waals surface area contributed by atoms with Crippen LogP contribution in [0.15, 0.2) is 66.7 Å². The van der Waals surface area contributed by atoms with Crippen LogP contribution < -0.4 is 5.32 Å². The van der Waals surface area contributed by atoms with Gasteiger partial charge in [-0.25, -0.2) is 0 Å². The van der Waals surface area contributed by atoms with Crippen LogP contribution >= 0.6 is 0 Å². The van der Waals surface area contributed by atoms with Crippen LogP contribution in [0.2, 0.25) is 0 Å².